The fraction of sp³-hybridized carbons (Fsp3) is 0.263. The maximum Gasteiger partial charge on any atom is 0.255 e. The Balaban J connectivity index is 2.17. The van der Waals surface area contributed by atoms with E-state index in [0.717, 1.165) is 23.1 Å². The molecule has 2 amide bonds. The standard InChI is InChI=1S/C19H22N2O4S/c1-13-8-7-9-14(2)18(13)20-17(22)12-21(3)19(23)15-10-5-6-11-16(15)26(4,24)25/h5-11H,12H2,1-4H3,(H,20,22). The predicted molar refractivity (Wildman–Crippen MR) is 101 cm³/mol. The van der Waals surface area contributed by atoms with Gasteiger partial charge in [0.25, 0.3) is 5.91 Å². The van der Waals surface area contributed by atoms with Crippen LogP contribution in [0.5, 0.6) is 0 Å². The molecule has 0 saturated carbocycles. The number of hydrogen-bond acceptors (Lipinski definition) is 4. The third-order valence-corrected chi connectivity index (χ3v) is 5.14. The highest BCUT2D eigenvalue weighted by Crippen LogP contribution is 2.20. The molecule has 0 aliphatic heterocycles. The lowest BCUT2D eigenvalue weighted by molar-refractivity contribution is -0.116. The zero-order valence-corrected chi connectivity index (χ0v) is 16.1. The average Bonchev–Trinajstić information content (AvgIpc) is 2.57. The van der Waals surface area contributed by atoms with E-state index in [1.165, 1.54) is 24.1 Å². The molecule has 0 aromatic heterocycles. The number of likely N-dealkylation sites (N-methyl/N-ethyl adjacent to an activating group) is 1. The Morgan fingerprint density at radius 2 is 1.58 bits per heavy atom. The normalized spacial score (nSPS) is 11.1. The Kier molecular flexibility index (Phi) is 5.82. The van der Waals surface area contributed by atoms with Gasteiger partial charge in [0.05, 0.1) is 17.0 Å². The Hall–Kier alpha value is -2.67. The lowest BCUT2D eigenvalue weighted by Gasteiger charge is -2.19. The smallest absolute Gasteiger partial charge is 0.255 e. The van der Waals surface area contributed by atoms with Gasteiger partial charge in [-0.3, -0.25) is 9.59 Å². The first-order chi connectivity index (χ1) is 12.1. The first kappa shape index (κ1) is 19.7. The summed E-state index contributed by atoms with van der Waals surface area (Å²) in [6.07, 6.45) is 1.05. The van der Waals surface area contributed by atoms with Gasteiger partial charge in [-0.25, -0.2) is 8.42 Å². The van der Waals surface area contributed by atoms with Crippen molar-refractivity contribution in [2.75, 3.05) is 25.2 Å². The van der Waals surface area contributed by atoms with Crippen LogP contribution in [0, 0.1) is 13.8 Å². The Bertz CT molecular complexity index is 932. The van der Waals surface area contributed by atoms with E-state index in [9.17, 15) is 18.0 Å². The maximum absolute atomic E-state index is 12.6. The predicted octanol–water partition coefficient (Wildman–Crippen LogP) is 2.42. The van der Waals surface area contributed by atoms with Crippen molar-refractivity contribution in [3.8, 4) is 0 Å². The molecule has 2 aromatic rings. The summed E-state index contributed by atoms with van der Waals surface area (Å²) in [4.78, 5) is 26.1. The van der Waals surface area contributed by atoms with E-state index in [4.69, 9.17) is 0 Å². The number of aryl methyl sites for hydroxylation is 2. The van der Waals surface area contributed by atoms with Crippen molar-refractivity contribution < 1.29 is 18.0 Å². The first-order valence-electron chi connectivity index (χ1n) is 8.02. The molecule has 0 radical (unpaired) electrons. The molecule has 0 aliphatic carbocycles. The van der Waals surface area contributed by atoms with Crippen LogP contribution in [0.1, 0.15) is 21.5 Å². The van der Waals surface area contributed by atoms with Gasteiger partial charge >= 0.3 is 0 Å². The Morgan fingerprint density at radius 3 is 2.15 bits per heavy atom. The summed E-state index contributed by atoms with van der Waals surface area (Å²) in [5, 5.41) is 2.81. The number of amides is 2. The highest BCUT2D eigenvalue weighted by molar-refractivity contribution is 7.90. The van der Waals surface area contributed by atoms with E-state index in [0.29, 0.717) is 0 Å². The summed E-state index contributed by atoms with van der Waals surface area (Å²) in [6.45, 7) is 3.59. The van der Waals surface area contributed by atoms with Crippen LogP contribution in [-0.4, -0.2) is 45.0 Å². The van der Waals surface area contributed by atoms with Crippen LogP contribution in [0.25, 0.3) is 0 Å². The molecule has 0 bridgehead atoms. The number of nitrogens with zero attached hydrogens (tertiary/aromatic N) is 1. The van der Waals surface area contributed by atoms with Crippen molar-refractivity contribution in [3.05, 3.63) is 59.2 Å². The van der Waals surface area contributed by atoms with Crippen LogP contribution in [-0.2, 0) is 14.6 Å². The zero-order valence-electron chi connectivity index (χ0n) is 15.2. The van der Waals surface area contributed by atoms with Gasteiger partial charge in [0, 0.05) is 19.0 Å². The molecule has 26 heavy (non-hydrogen) atoms. The van der Waals surface area contributed by atoms with Crippen LogP contribution in [0.3, 0.4) is 0 Å². The van der Waals surface area contributed by atoms with Gasteiger partial charge < -0.3 is 10.2 Å². The third-order valence-electron chi connectivity index (χ3n) is 3.99. The Labute approximate surface area is 153 Å². The summed E-state index contributed by atoms with van der Waals surface area (Å²) < 4.78 is 23.7. The molecule has 2 aromatic carbocycles. The second-order valence-corrected chi connectivity index (χ2v) is 8.23. The van der Waals surface area contributed by atoms with Gasteiger partial charge in [-0.2, -0.15) is 0 Å². The van der Waals surface area contributed by atoms with E-state index in [-0.39, 0.29) is 22.9 Å². The van der Waals surface area contributed by atoms with E-state index in [1.54, 1.807) is 12.1 Å². The lowest BCUT2D eigenvalue weighted by Crippen LogP contribution is -2.35. The molecule has 0 heterocycles. The van der Waals surface area contributed by atoms with Crippen LogP contribution in [0.4, 0.5) is 5.69 Å². The largest absolute Gasteiger partial charge is 0.332 e. The quantitative estimate of drug-likeness (QED) is 0.871. The Morgan fingerprint density at radius 1 is 1.00 bits per heavy atom. The van der Waals surface area contributed by atoms with Crippen molar-refractivity contribution in [2.24, 2.45) is 0 Å². The number of carbonyl (C=O) groups excluding carboxylic acids is 2. The summed E-state index contributed by atoms with van der Waals surface area (Å²) in [7, 11) is -2.08. The van der Waals surface area contributed by atoms with E-state index in [1.807, 2.05) is 32.0 Å². The molecule has 0 saturated heterocycles. The molecule has 138 valence electrons. The summed E-state index contributed by atoms with van der Waals surface area (Å²) >= 11 is 0. The molecule has 0 spiro atoms. The van der Waals surface area contributed by atoms with E-state index < -0.39 is 15.7 Å². The molecule has 0 atom stereocenters. The number of sulfone groups is 1. The highest BCUT2D eigenvalue weighted by atomic mass is 32.2. The highest BCUT2D eigenvalue weighted by Gasteiger charge is 2.22. The van der Waals surface area contributed by atoms with Crippen molar-refractivity contribution in [1.29, 1.82) is 0 Å². The zero-order chi connectivity index (χ0) is 19.5. The molecular weight excluding hydrogens is 352 g/mol. The minimum atomic E-state index is -3.55. The van der Waals surface area contributed by atoms with Gasteiger partial charge in [-0.15, -0.1) is 0 Å². The number of rotatable bonds is 5. The number of carbonyl (C=O) groups is 2. The number of para-hydroxylation sites is 1. The SMILES string of the molecule is Cc1cccc(C)c1NC(=O)CN(C)C(=O)c1ccccc1S(C)(=O)=O. The summed E-state index contributed by atoms with van der Waals surface area (Å²) in [5.74, 6) is -0.877. The van der Waals surface area contributed by atoms with Gasteiger partial charge in [-0.1, -0.05) is 30.3 Å². The maximum atomic E-state index is 12.6. The van der Waals surface area contributed by atoms with Gasteiger partial charge in [0.15, 0.2) is 9.84 Å². The molecule has 7 heteroatoms. The van der Waals surface area contributed by atoms with E-state index in [2.05, 4.69) is 5.32 Å². The lowest BCUT2D eigenvalue weighted by atomic mass is 10.1. The van der Waals surface area contributed by atoms with Crippen molar-refractivity contribution in [3.63, 3.8) is 0 Å². The molecule has 2 rings (SSSR count). The molecular formula is C19H22N2O4S. The number of nitrogens with one attached hydrogen (secondary N) is 1. The molecule has 0 fully saturated rings. The van der Waals surface area contributed by atoms with Gasteiger partial charge in [0.2, 0.25) is 5.91 Å². The second-order valence-electron chi connectivity index (χ2n) is 6.24. The molecule has 0 aliphatic rings. The van der Waals surface area contributed by atoms with E-state index >= 15 is 0 Å². The number of hydrogen-bond donors (Lipinski definition) is 1. The minimum absolute atomic E-state index is 0.0491. The van der Waals surface area contributed by atoms with Gasteiger partial charge in [0.1, 0.15) is 0 Å². The van der Waals surface area contributed by atoms with Crippen molar-refractivity contribution in [1.82, 2.24) is 4.90 Å². The summed E-state index contributed by atoms with van der Waals surface area (Å²) in [5.41, 5.74) is 2.62. The number of anilines is 1. The molecule has 0 unspecified atom stereocenters. The first-order valence-corrected chi connectivity index (χ1v) is 9.91. The average molecular weight is 374 g/mol. The third kappa shape index (κ3) is 4.49. The molecule has 1 N–H and O–H groups in total. The second kappa shape index (κ2) is 7.70. The van der Waals surface area contributed by atoms with Crippen molar-refractivity contribution >= 4 is 27.3 Å². The fourth-order valence-corrected chi connectivity index (χ4v) is 3.53. The number of benzene rings is 2. The monoisotopic (exact) mass is 374 g/mol. The minimum Gasteiger partial charge on any atom is -0.332 e. The fourth-order valence-electron chi connectivity index (χ4n) is 2.65. The van der Waals surface area contributed by atoms with Crippen LogP contribution in [0.2, 0.25) is 0 Å². The van der Waals surface area contributed by atoms with Crippen LogP contribution < -0.4 is 5.32 Å². The van der Waals surface area contributed by atoms with Crippen molar-refractivity contribution in [2.45, 2.75) is 18.7 Å². The van der Waals surface area contributed by atoms with Crippen LogP contribution in [0.15, 0.2) is 47.4 Å². The van der Waals surface area contributed by atoms with Crippen LogP contribution >= 0.6 is 0 Å². The summed E-state index contributed by atoms with van der Waals surface area (Å²) in [6, 6.07) is 11.6. The molecule has 6 nitrogen and oxygen atoms in total. The van der Waals surface area contributed by atoms with Gasteiger partial charge in [-0.05, 0) is 37.1 Å². The topological polar surface area (TPSA) is 83.6 Å².